The average molecular weight is 187 g/mol. The Kier molecular flexibility index (Phi) is 2.57. The SMILES string of the molecule is O=C([O-])[C@@H](O)c1ccc(F)cc1F. The van der Waals surface area contributed by atoms with Crippen molar-refractivity contribution in [1.82, 2.24) is 0 Å². The molecule has 0 unspecified atom stereocenters. The fourth-order valence-electron chi connectivity index (χ4n) is 0.850. The van der Waals surface area contributed by atoms with Crippen LogP contribution in [0.4, 0.5) is 8.78 Å². The zero-order valence-corrected chi connectivity index (χ0v) is 6.33. The van der Waals surface area contributed by atoms with Gasteiger partial charge in [-0.05, 0) is 6.07 Å². The highest BCUT2D eigenvalue weighted by Crippen LogP contribution is 2.17. The number of carboxylic acids is 1. The van der Waals surface area contributed by atoms with E-state index in [9.17, 15) is 18.7 Å². The van der Waals surface area contributed by atoms with Crippen LogP contribution in [0, 0.1) is 11.6 Å². The van der Waals surface area contributed by atoms with Crippen molar-refractivity contribution in [2.24, 2.45) is 0 Å². The van der Waals surface area contributed by atoms with Gasteiger partial charge in [0, 0.05) is 11.6 Å². The van der Waals surface area contributed by atoms with Gasteiger partial charge in [0.05, 0.1) is 5.97 Å². The lowest BCUT2D eigenvalue weighted by molar-refractivity contribution is -0.315. The van der Waals surface area contributed by atoms with Gasteiger partial charge in [0.1, 0.15) is 17.7 Å². The molecule has 0 saturated heterocycles. The van der Waals surface area contributed by atoms with E-state index in [1.807, 2.05) is 0 Å². The summed E-state index contributed by atoms with van der Waals surface area (Å²) < 4.78 is 25.1. The van der Waals surface area contributed by atoms with Crippen LogP contribution in [0.3, 0.4) is 0 Å². The van der Waals surface area contributed by atoms with E-state index in [-0.39, 0.29) is 0 Å². The summed E-state index contributed by atoms with van der Waals surface area (Å²) in [4.78, 5) is 10.1. The Bertz CT molecular complexity index is 338. The molecule has 0 bridgehead atoms. The smallest absolute Gasteiger partial charge is 0.132 e. The molecule has 1 aromatic carbocycles. The fourth-order valence-corrected chi connectivity index (χ4v) is 0.850. The van der Waals surface area contributed by atoms with Gasteiger partial charge in [-0.1, -0.05) is 6.07 Å². The molecule has 1 atom stereocenters. The first-order valence-corrected chi connectivity index (χ1v) is 3.36. The third kappa shape index (κ3) is 2.00. The molecule has 1 aromatic rings. The van der Waals surface area contributed by atoms with Crippen LogP contribution in [0.5, 0.6) is 0 Å². The first-order chi connectivity index (χ1) is 6.02. The van der Waals surface area contributed by atoms with Crippen molar-refractivity contribution in [3.05, 3.63) is 35.4 Å². The van der Waals surface area contributed by atoms with Crippen LogP contribution in [-0.2, 0) is 4.79 Å². The maximum absolute atomic E-state index is 12.8. The minimum atomic E-state index is -2.07. The molecular weight excluding hydrogens is 182 g/mol. The first kappa shape index (κ1) is 9.60. The summed E-state index contributed by atoms with van der Waals surface area (Å²) in [6.07, 6.45) is -2.07. The second kappa shape index (κ2) is 3.49. The van der Waals surface area contributed by atoms with Crippen molar-refractivity contribution >= 4 is 5.97 Å². The fraction of sp³-hybridized carbons (Fsp3) is 0.125. The molecule has 70 valence electrons. The Morgan fingerprint density at radius 3 is 2.54 bits per heavy atom. The third-order valence-electron chi connectivity index (χ3n) is 1.48. The number of hydrogen-bond acceptors (Lipinski definition) is 3. The number of aliphatic hydroxyl groups is 1. The molecule has 0 spiro atoms. The number of carbonyl (C=O) groups is 1. The molecule has 1 rings (SSSR count). The maximum atomic E-state index is 12.8. The summed E-state index contributed by atoms with van der Waals surface area (Å²) in [6, 6.07) is 2.19. The molecule has 1 N–H and O–H groups in total. The second-order valence-electron chi connectivity index (χ2n) is 2.39. The van der Waals surface area contributed by atoms with Crippen LogP contribution in [0.2, 0.25) is 0 Å². The lowest BCUT2D eigenvalue weighted by Gasteiger charge is -2.12. The summed E-state index contributed by atoms with van der Waals surface area (Å²) in [7, 11) is 0. The van der Waals surface area contributed by atoms with Crippen molar-refractivity contribution in [2.45, 2.75) is 6.10 Å². The molecule has 0 heterocycles. The van der Waals surface area contributed by atoms with E-state index in [0.29, 0.717) is 6.07 Å². The minimum Gasteiger partial charge on any atom is -0.547 e. The molecule has 0 amide bonds. The van der Waals surface area contributed by atoms with Crippen LogP contribution in [0.25, 0.3) is 0 Å². The highest BCUT2D eigenvalue weighted by molar-refractivity contribution is 5.71. The number of halogens is 2. The largest absolute Gasteiger partial charge is 0.547 e. The minimum absolute atomic E-state index is 0.488. The van der Waals surface area contributed by atoms with Gasteiger partial charge in [-0.2, -0.15) is 0 Å². The highest BCUT2D eigenvalue weighted by atomic mass is 19.1. The summed E-state index contributed by atoms with van der Waals surface area (Å²) in [5.74, 6) is -3.78. The molecule has 3 nitrogen and oxygen atoms in total. The Labute approximate surface area is 72.2 Å². The van der Waals surface area contributed by atoms with Crippen LogP contribution in [0.15, 0.2) is 18.2 Å². The van der Waals surface area contributed by atoms with Crippen LogP contribution in [0.1, 0.15) is 11.7 Å². The van der Waals surface area contributed by atoms with E-state index in [0.717, 1.165) is 12.1 Å². The van der Waals surface area contributed by atoms with Gasteiger partial charge in [-0.3, -0.25) is 0 Å². The molecular formula is C8H5F2O3-. The van der Waals surface area contributed by atoms with Gasteiger partial charge in [0.25, 0.3) is 0 Å². The molecule has 0 aliphatic heterocycles. The number of aliphatic hydroxyl groups excluding tert-OH is 1. The first-order valence-electron chi connectivity index (χ1n) is 3.36. The van der Waals surface area contributed by atoms with Crippen molar-refractivity contribution in [3.8, 4) is 0 Å². The Balaban J connectivity index is 3.08. The number of carboxylic acid groups (broad SMARTS) is 1. The lowest BCUT2D eigenvalue weighted by Crippen LogP contribution is -2.30. The zero-order valence-electron chi connectivity index (χ0n) is 6.33. The Morgan fingerprint density at radius 1 is 1.46 bits per heavy atom. The van der Waals surface area contributed by atoms with Crippen LogP contribution in [-0.4, -0.2) is 11.1 Å². The highest BCUT2D eigenvalue weighted by Gasteiger charge is 2.13. The van der Waals surface area contributed by atoms with Crippen molar-refractivity contribution in [3.63, 3.8) is 0 Å². The molecule has 0 aliphatic rings. The van der Waals surface area contributed by atoms with Gasteiger partial charge in [0.2, 0.25) is 0 Å². The molecule has 0 fully saturated rings. The molecule has 0 saturated carbocycles. The summed E-state index contributed by atoms with van der Waals surface area (Å²) in [5, 5.41) is 19.0. The number of carbonyl (C=O) groups excluding carboxylic acids is 1. The predicted molar refractivity (Wildman–Crippen MR) is 36.3 cm³/mol. The quantitative estimate of drug-likeness (QED) is 0.694. The van der Waals surface area contributed by atoms with Crippen molar-refractivity contribution in [1.29, 1.82) is 0 Å². The number of hydrogen-bond donors (Lipinski definition) is 1. The van der Waals surface area contributed by atoms with E-state index in [2.05, 4.69) is 0 Å². The van der Waals surface area contributed by atoms with Gasteiger partial charge >= 0.3 is 0 Å². The van der Waals surface area contributed by atoms with E-state index in [4.69, 9.17) is 5.11 Å². The normalized spacial score (nSPS) is 12.5. The van der Waals surface area contributed by atoms with E-state index in [1.54, 1.807) is 0 Å². The predicted octanol–water partition coefficient (Wildman–Crippen LogP) is -0.252. The van der Waals surface area contributed by atoms with Gasteiger partial charge in [0.15, 0.2) is 0 Å². The Hall–Kier alpha value is -1.49. The number of benzene rings is 1. The topological polar surface area (TPSA) is 60.4 Å². The Morgan fingerprint density at radius 2 is 2.08 bits per heavy atom. The van der Waals surface area contributed by atoms with E-state index in [1.165, 1.54) is 0 Å². The van der Waals surface area contributed by atoms with Gasteiger partial charge in [-0.15, -0.1) is 0 Å². The van der Waals surface area contributed by atoms with E-state index >= 15 is 0 Å². The monoisotopic (exact) mass is 187 g/mol. The van der Waals surface area contributed by atoms with Crippen LogP contribution < -0.4 is 5.11 Å². The maximum Gasteiger partial charge on any atom is 0.132 e. The molecule has 13 heavy (non-hydrogen) atoms. The van der Waals surface area contributed by atoms with Crippen molar-refractivity contribution in [2.75, 3.05) is 0 Å². The zero-order chi connectivity index (χ0) is 10.0. The molecule has 5 heteroatoms. The standard InChI is InChI=1S/C8H6F2O3/c9-4-1-2-5(6(10)3-4)7(11)8(12)13/h1-3,7,11H,(H,12,13)/p-1/t7-/m0/s1. The second-order valence-corrected chi connectivity index (χ2v) is 2.39. The molecule has 0 radical (unpaired) electrons. The summed E-state index contributed by atoms with van der Waals surface area (Å²) in [6.45, 7) is 0. The number of aliphatic carboxylic acids is 1. The molecule has 0 aromatic heterocycles. The number of rotatable bonds is 2. The van der Waals surface area contributed by atoms with Crippen LogP contribution >= 0.6 is 0 Å². The third-order valence-corrected chi connectivity index (χ3v) is 1.48. The average Bonchev–Trinajstić information content (AvgIpc) is 2.03. The van der Waals surface area contributed by atoms with Crippen molar-refractivity contribution < 1.29 is 23.8 Å². The van der Waals surface area contributed by atoms with E-state index < -0.39 is 29.3 Å². The molecule has 0 aliphatic carbocycles. The lowest BCUT2D eigenvalue weighted by atomic mass is 10.1. The van der Waals surface area contributed by atoms with Gasteiger partial charge < -0.3 is 15.0 Å². The summed E-state index contributed by atoms with van der Waals surface area (Å²) in [5.41, 5.74) is -0.513. The summed E-state index contributed by atoms with van der Waals surface area (Å²) >= 11 is 0. The van der Waals surface area contributed by atoms with Gasteiger partial charge in [-0.25, -0.2) is 8.78 Å².